The van der Waals surface area contributed by atoms with Crippen molar-refractivity contribution in [3.8, 4) is 5.69 Å². The molecule has 0 aliphatic rings. The van der Waals surface area contributed by atoms with E-state index in [4.69, 9.17) is 5.11 Å². The largest absolute Gasteiger partial charge is 0.394 e. The fourth-order valence-electron chi connectivity index (χ4n) is 2.65. The van der Waals surface area contributed by atoms with Gasteiger partial charge in [0.1, 0.15) is 11.6 Å². The third kappa shape index (κ3) is 2.94. The zero-order chi connectivity index (χ0) is 17.2. The molecule has 3 heterocycles. The van der Waals surface area contributed by atoms with Crippen LogP contribution in [0.4, 0.5) is 11.6 Å². The van der Waals surface area contributed by atoms with E-state index in [1.807, 2.05) is 43.3 Å². The summed E-state index contributed by atoms with van der Waals surface area (Å²) < 4.78 is 3.46. The number of aliphatic hydroxyl groups is 1. The summed E-state index contributed by atoms with van der Waals surface area (Å²) in [6.07, 6.45) is 3.55. The first-order chi connectivity index (χ1) is 12.2. The monoisotopic (exact) mass is 335 g/mol. The second-order valence-electron chi connectivity index (χ2n) is 5.56. The van der Waals surface area contributed by atoms with Crippen molar-refractivity contribution in [2.45, 2.75) is 13.5 Å². The summed E-state index contributed by atoms with van der Waals surface area (Å²) in [4.78, 5) is 9.02. The molecule has 3 aromatic heterocycles. The van der Waals surface area contributed by atoms with Crippen LogP contribution in [0.25, 0.3) is 16.7 Å². The number of nitrogens with one attached hydrogen (secondary N) is 1. The fraction of sp³-hybridized carbons (Fsp3) is 0.176. The number of aliphatic hydroxyl groups excluding tert-OH is 1. The molecule has 0 saturated heterocycles. The minimum atomic E-state index is 0.0435. The van der Waals surface area contributed by atoms with Gasteiger partial charge in [0.15, 0.2) is 11.5 Å². The molecular formula is C17H17N7O. The van der Waals surface area contributed by atoms with Crippen molar-refractivity contribution in [2.75, 3.05) is 11.9 Å². The molecule has 8 heteroatoms. The van der Waals surface area contributed by atoms with Crippen LogP contribution in [0.3, 0.4) is 0 Å². The number of aromatic nitrogens is 6. The third-order valence-electron chi connectivity index (χ3n) is 3.76. The molecule has 0 spiro atoms. The van der Waals surface area contributed by atoms with Gasteiger partial charge in [-0.3, -0.25) is 4.68 Å². The highest BCUT2D eigenvalue weighted by atomic mass is 16.3. The third-order valence-corrected chi connectivity index (χ3v) is 3.76. The number of fused-ring (bicyclic) bond motifs is 1. The van der Waals surface area contributed by atoms with Crippen molar-refractivity contribution in [3.05, 3.63) is 54.6 Å². The molecular weight excluding hydrogens is 318 g/mol. The lowest BCUT2D eigenvalue weighted by molar-refractivity contribution is 0.269. The Morgan fingerprint density at radius 1 is 1.12 bits per heavy atom. The molecule has 4 aromatic rings. The molecule has 0 radical (unpaired) electrons. The number of para-hydroxylation sites is 1. The van der Waals surface area contributed by atoms with E-state index < -0.39 is 0 Å². The van der Waals surface area contributed by atoms with Gasteiger partial charge in [-0.05, 0) is 19.1 Å². The maximum absolute atomic E-state index is 8.99. The maximum Gasteiger partial charge on any atom is 0.168 e. The SMILES string of the molecule is Cc1nc(Nc2ccn(CCO)n2)c2cnn(-c3ccccc3)c2n1. The quantitative estimate of drug-likeness (QED) is 0.580. The van der Waals surface area contributed by atoms with Gasteiger partial charge in [-0.15, -0.1) is 0 Å². The van der Waals surface area contributed by atoms with Crippen LogP contribution in [-0.4, -0.2) is 41.2 Å². The molecule has 0 aliphatic heterocycles. The first-order valence-corrected chi connectivity index (χ1v) is 7.94. The van der Waals surface area contributed by atoms with Crippen LogP contribution in [0.5, 0.6) is 0 Å². The lowest BCUT2D eigenvalue weighted by Gasteiger charge is -2.06. The van der Waals surface area contributed by atoms with E-state index in [0.717, 1.165) is 16.7 Å². The van der Waals surface area contributed by atoms with Crippen molar-refractivity contribution in [3.63, 3.8) is 0 Å². The zero-order valence-electron chi connectivity index (χ0n) is 13.7. The van der Waals surface area contributed by atoms with E-state index in [9.17, 15) is 0 Å². The molecule has 0 bridgehead atoms. The molecule has 126 valence electrons. The summed E-state index contributed by atoms with van der Waals surface area (Å²) in [7, 11) is 0. The van der Waals surface area contributed by atoms with E-state index in [2.05, 4.69) is 25.5 Å². The van der Waals surface area contributed by atoms with Gasteiger partial charge in [0.25, 0.3) is 0 Å². The van der Waals surface area contributed by atoms with Crippen molar-refractivity contribution in [1.82, 2.24) is 29.5 Å². The second kappa shape index (κ2) is 6.33. The Balaban J connectivity index is 1.75. The predicted octanol–water partition coefficient (Wildman–Crippen LogP) is 2.06. The summed E-state index contributed by atoms with van der Waals surface area (Å²) in [6.45, 7) is 2.34. The van der Waals surface area contributed by atoms with Gasteiger partial charge in [-0.1, -0.05) is 18.2 Å². The molecule has 2 N–H and O–H groups in total. The van der Waals surface area contributed by atoms with Crippen LogP contribution in [0.2, 0.25) is 0 Å². The van der Waals surface area contributed by atoms with Crippen LogP contribution in [0, 0.1) is 6.92 Å². The number of nitrogens with zero attached hydrogens (tertiary/aromatic N) is 6. The van der Waals surface area contributed by atoms with E-state index in [0.29, 0.717) is 24.0 Å². The van der Waals surface area contributed by atoms with Gasteiger partial charge in [-0.25, -0.2) is 14.6 Å². The average molecular weight is 335 g/mol. The highest BCUT2D eigenvalue weighted by molar-refractivity contribution is 5.89. The Kier molecular flexibility index (Phi) is 3.87. The van der Waals surface area contributed by atoms with Crippen LogP contribution in [-0.2, 0) is 6.54 Å². The smallest absolute Gasteiger partial charge is 0.168 e. The normalized spacial score (nSPS) is 11.1. The molecule has 0 atom stereocenters. The second-order valence-corrected chi connectivity index (χ2v) is 5.56. The first-order valence-electron chi connectivity index (χ1n) is 7.94. The highest BCUT2D eigenvalue weighted by Crippen LogP contribution is 2.24. The van der Waals surface area contributed by atoms with Crippen LogP contribution < -0.4 is 5.32 Å². The lowest BCUT2D eigenvalue weighted by atomic mass is 10.3. The minimum Gasteiger partial charge on any atom is -0.394 e. The zero-order valence-corrected chi connectivity index (χ0v) is 13.7. The number of benzene rings is 1. The van der Waals surface area contributed by atoms with Crippen molar-refractivity contribution < 1.29 is 5.11 Å². The Morgan fingerprint density at radius 2 is 1.96 bits per heavy atom. The van der Waals surface area contributed by atoms with Gasteiger partial charge in [-0.2, -0.15) is 10.2 Å². The van der Waals surface area contributed by atoms with Gasteiger partial charge >= 0.3 is 0 Å². The van der Waals surface area contributed by atoms with Crippen LogP contribution in [0.15, 0.2) is 48.8 Å². The minimum absolute atomic E-state index is 0.0435. The van der Waals surface area contributed by atoms with E-state index in [-0.39, 0.29) is 6.61 Å². The fourth-order valence-corrected chi connectivity index (χ4v) is 2.65. The van der Waals surface area contributed by atoms with Crippen LogP contribution >= 0.6 is 0 Å². The number of hydrogen-bond donors (Lipinski definition) is 2. The van der Waals surface area contributed by atoms with Crippen LogP contribution in [0.1, 0.15) is 5.82 Å². The summed E-state index contributed by atoms with van der Waals surface area (Å²) >= 11 is 0. The number of rotatable bonds is 5. The molecule has 0 unspecified atom stereocenters. The van der Waals surface area contributed by atoms with Gasteiger partial charge in [0.05, 0.1) is 30.4 Å². The molecule has 0 aliphatic carbocycles. The summed E-state index contributed by atoms with van der Waals surface area (Å²) in [5.41, 5.74) is 1.67. The Hall–Kier alpha value is -3.26. The van der Waals surface area contributed by atoms with Gasteiger partial charge in [0.2, 0.25) is 0 Å². The lowest BCUT2D eigenvalue weighted by Crippen LogP contribution is -2.04. The topological polar surface area (TPSA) is 93.7 Å². The maximum atomic E-state index is 8.99. The summed E-state index contributed by atoms with van der Waals surface area (Å²) in [5.74, 6) is 1.95. The van der Waals surface area contributed by atoms with E-state index >= 15 is 0 Å². The van der Waals surface area contributed by atoms with Crippen molar-refractivity contribution in [1.29, 1.82) is 0 Å². The number of anilines is 2. The number of hydrogen-bond acceptors (Lipinski definition) is 6. The van der Waals surface area contributed by atoms with Crippen molar-refractivity contribution in [2.24, 2.45) is 0 Å². The molecule has 0 amide bonds. The van der Waals surface area contributed by atoms with Crippen molar-refractivity contribution >= 4 is 22.7 Å². The summed E-state index contributed by atoms with van der Waals surface area (Å²) in [6, 6.07) is 11.7. The molecule has 25 heavy (non-hydrogen) atoms. The first kappa shape index (κ1) is 15.3. The molecule has 8 nitrogen and oxygen atoms in total. The standard InChI is InChI=1S/C17H17N7O/c1-12-19-16(21-15-7-8-23(22-15)9-10-25)14-11-18-24(17(14)20-12)13-5-3-2-4-6-13/h2-8,11,25H,9-10H2,1H3,(H,19,20,21,22). The Bertz CT molecular complexity index is 1010. The number of aryl methyl sites for hydroxylation is 1. The van der Waals surface area contributed by atoms with E-state index in [1.165, 1.54) is 0 Å². The predicted molar refractivity (Wildman–Crippen MR) is 94.0 cm³/mol. The molecule has 0 saturated carbocycles. The Labute approximate surface area is 143 Å². The van der Waals surface area contributed by atoms with Gasteiger partial charge in [0, 0.05) is 12.3 Å². The Morgan fingerprint density at radius 3 is 2.76 bits per heavy atom. The highest BCUT2D eigenvalue weighted by Gasteiger charge is 2.13. The van der Waals surface area contributed by atoms with Gasteiger partial charge < -0.3 is 10.4 Å². The molecule has 4 rings (SSSR count). The molecule has 1 aromatic carbocycles. The summed E-state index contributed by atoms with van der Waals surface area (Å²) in [5, 5.41) is 21.8. The van der Waals surface area contributed by atoms with E-state index in [1.54, 1.807) is 21.8 Å². The molecule has 0 fully saturated rings. The average Bonchev–Trinajstić information content (AvgIpc) is 3.23.